The minimum absolute atomic E-state index is 0.0491. The molecular formula is C15H22N2O. The van der Waals surface area contributed by atoms with E-state index in [-0.39, 0.29) is 11.9 Å². The summed E-state index contributed by atoms with van der Waals surface area (Å²) in [6, 6.07) is 6.56. The van der Waals surface area contributed by atoms with Crippen LogP contribution >= 0.6 is 0 Å². The van der Waals surface area contributed by atoms with Crippen LogP contribution in [0.2, 0.25) is 0 Å². The van der Waals surface area contributed by atoms with Crippen molar-refractivity contribution in [2.75, 3.05) is 6.54 Å². The molecule has 0 radical (unpaired) electrons. The maximum absolute atomic E-state index is 12.3. The highest BCUT2D eigenvalue weighted by Crippen LogP contribution is 2.13. The first kappa shape index (κ1) is 13.1. The summed E-state index contributed by atoms with van der Waals surface area (Å²) in [6.07, 6.45) is 2.19. The fourth-order valence-electron chi connectivity index (χ4n) is 2.56. The molecule has 1 saturated heterocycles. The number of carbonyl (C=O) groups is 1. The highest BCUT2D eigenvalue weighted by molar-refractivity contribution is 5.95. The van der Waals surface area contributed by atoms with Crippen molar-refractivity contribution >= 4 is 5.91 Å². The summed E-state index contributed by atoms with van der Waals surface area (Å²) >= 11 is 0. The number of benzene rings is 1. The minimum Gasteiger partial charge on any atom is -0.348 e. The molecule has 1 amide bonds. The van der Waals surface area contributed by atoms with Crippen LogP contribution in [0.5, 0.6) is 0 Å². The topological polar surface area (TPSA) is 41.1 Å². The van der Waals surface area contributed by atoms with E-state index in [0.717, 1.165) is 30.5 Å². The molecule has 98 valence electrons. The van der Waals surface area contributed by atoms with Gasteiger partial charge < -0.3 is 10.6 Å². The molecule has 3 nitrogen and oxygen atoms in total. The second-order valence-electron chi connectivity index (χ2n) is 5.28. The van der Waals surface area contributed by atoms with Crippen LogP contribution in [0.3, 0.4) is 0 Å². The quantitative estimate of drug-likeness (QED) is 0.839. The summed E-state index contributed by atoms with van der Waals surface area (Å²) in [5.41, 5.74) is 3.03. The van der Waals surface area contributed by atoms with Crippen LogP contribution in [0.15, 0.2) is 18.2 Å². The molecule has 18 heavy (non-hydrogen) atoms. The van der Waals surface area contributed by atoms with E-state index < -0.39 is 0 Å². The Morgan fingerprint density at radius 1 is 1.39 bits per heavy atom. The van der Waals surface area contributed by atoms with Crippen LogP contribution in [0.4, 0.5) is 0 Å². The van der Waals surface area contributed by atoms with Gasteiger partial charge in [-0.3, -0.25) is 4.79 Å². The number of rotatable bonds is 2. The molecule has 1 heterocycles. The van der Waals surface area contributed by atoms with Gasteiger partial charge in [0.25, 0.3) is 5.91 Å². The van der Waals surface area contributed by atoms with Crippen molar-refractivity contribution in [3.8, 4) is 0 Å². The number of piperidine rings is 1. The smallest absolute Gasteiger partial charge is 0.251 e. The molecule has 3 heteroatoms. The lowest BCUT2D eigenvalue weighted by Crippen LogP contribution is -2.52. The standard InChI is InChI=1S/C15H22N2O/c1-10-6-7-13(11(2)9-10)15(18)17-14-5-4-8-16-12(14)3/h6-7,9,12,14,16H,4-5,8H2,1-3H3,(H,17,18)/t12-,14-/m0/s1. The summed E-state index contributed by atoms with van der Waals surface area (Å²) < 4.78 is 0. The highest BCUT2D eigenvalue weighted by Gasteiger charge is 2.23. The second-order valence-corrected chi connectivity index (χ2v) is 5.28. The molecule has 2 atom stereocenters. The fourth-order valence-corrected chi connectivity index (χ4v) is 2.56. The van der Waals surface area contributed by atoms with Gasteiger partial charge in [-0.15, -0.1) is 0 Å². The molecule has 2 rings (SSSR count). The Hall–Kier alpha value is -1.35. The monoisotopic (exact) mass is 246 g/mol. The normalized spacial score (nSPS) is 23.7. The molecular weight excluding hydrogens is 224 g/mol. The van der Waals surface area contributed by atoms with E-state index in [1.807, 2.05) is 26.0 Å². The molecule has 1 fully saturated rings. The van der Waals surface area contributed by atoms with Crippen LogP contribution in [-0.2, 0) is 0 Å². The van der Waals surface area contributed by atoms with Gasteiger partial charge in [0.2, 0.25) is 0 Å². The minimum atomic E-state index is 0.0491. The summed E-state index contributed by atoms with van der Waals surface area (Å²) in [4.78, 5) is 12.3. The van der Waals surface area contributed by atoms with Crippen LogP contribution in [0.25, 0.3) is 0 Å². The van der Waals surface area contributed by atoms with Crippen LogP contribution in [0.1, 0.15) is 41.3 Å². The van der Waals surface area contributed by atoms with Gasteiger partial charge in [-0.05, 0) is 51.8 Å². The van der Waals surface area contributed by atoms with Crippen LogP contribution < -0.4 is 10.6 Å². The summed E-state index contributed by atoms with van der Waals surface area (Å²) in [7, 11) is 0. The number of hydrogen-bond acceptors (Lipinski definition) is 2. The van der Waals surface area contributed by atoms with E-state index in [2.05, 4.69) is 23.6 Å². The van der Waals surface area contributed by atoms with Crippen molar-refractivity contribution in [1.29, 1.82) is 0 Å². The van der Waals surface area contributed by atoms with E-state index in [1.165, 1.54) is 5.56 Å². The molecule has 1 aromatic carbocycles. The summed E-state index contributed by atoms with van der Waals surface area (Å²) in [6.45, 7) is 7.22. The third-order valence-electron chi connectivity index (χ3n) is 3.70. The lowest BCUT2D eigenvalue weighted by molar-refractivity contribution is 0.0919. The Kier molecular flexibility index (Phi) is 4.02. The van der Waals surface area contributed by atoms with Crippen LogP contribution in [0, 0.1) is 13.8 Å². The lowest BCUT2D eigenvalue weighted by atomic mass is 9.98. The molecule has 2 N–H and O–H groups in total. The average molecular weight is 246 g/mol. The van der Waals surface area contributed by atoms with Crippen molar-refractivity contribution in [3.63, 3.8) is 0 Å². The van der Waals surface area contributed by atoms with E-state index >= 15 is 0 Å². The number of nitrogens with one attached hydrogen (secondary N) is 2. The van der Waals surface area contributed by atoms with E-state index in [4.69, 9.17) is 0 Å². The van der Waals surface area contributed by atoms with Gasteiger partial charge >= 0.3 is 0 Å². The predicted octanol–water partition coefficient (Wildman–Crippen LogP) is 2.17. The van der Waals surface area contributed by atoms with Crippen molar-refractivity contribution in [2.24, 2.45) is 0 Å². The maximum atomic E-state index is 12.3. The lowest BCUT2D eigenvalue weighted by Gasteiger charge is -2.30. The van der Waals surface area contributed by atoms with Gasteiger partial charge in [-0.25, -0.2) is 0 Å². The zero-order chi connectivity index (χ0) is 13.1. The number of amides is 1. The van der Waals surface area contributed by atoms with Crippen LogP contribution in [-0.4, -0.2) is 24.5 Å². The predicted molar refractivity (Wildman–Crippen MR) is 73.9 cm³/mol. The first-order chi connectivity index (χ1) is 8.58. The highest BCUT2D eigenvalue weighted by atomic mass is 16.1. The Bertz CT molecular complexity index is 442. The van der Waals surface area contributed by atoms with Gasteiger partial charge in [-0.1, -0.05) is 17.7 Å². The maximum Gasteiger partial charge on any atom is 0.251 e. The third-order valence-corrected chi connectivity index (χ3v) is 3.70. The Labute approximate surface area is 109 Å². The zero-order valence-corrected chi connectivity index (χ0v) is 11.4. The number of hydrogen-bond donors (Lipinski definition) is 2. The SMILES string of the molecule is Cc1ccc(C(=O)N[C@H]2CCCN[C@H]2C)c(C)c1. The van der Waals surface area contributed by atoms with Crippen molar-refractivity contribution in [1.82, 2.24) is 10.6 Å². The van der Waals surface area contributed by atoms with Gasteiger partial charge in [-0.2, -0.15) is 0 Å². The van der Waals surface area contributed by atoms with Gasteiger partial charge in [0, 0.05) is 17.6 Å². The van der Waals surface area contributed by atoms with Crippen molar-refractivity contribution in [2.45, 2.75) is 45.7 Å². The Balaban J connectivity index is 2.07. The zero-order valence-electron chi connectivity index (χ0n) is 11.4. The molecule has 0 saturated carbocycles. The van der Waals surface area contributed by atoms with Gasteiger partial charge in [0.05, 0.1) is 0 Å². The summed E-state index contributed by atoms with van der Waals surface area (Å²) in [5, 5.41) is 6.54. The fraction of sp³-hybridized carbons (Fsp3) is 0.533. The first-order valence-corrected chi connectivity index (χ1v) is 6.69. The largest absolute Gasteiger partial charge is 0.348 e. The summed E-state index contributed by atoms with van der Waals surface area (Å²) in [5.74, 6) is 0.0491. The molecule has 0 aliphatic carbocycles. The molecule has 1 aromatic rings. The molecule has 1 aliphatic heterocycles. The van der Waals surface area contributed by atoms with Crippen molar-refractivity contribution in [3.05, 3.63) is 34.9 Å². The number of aryl methyl sites for hydroxylation is 2. The van der Waals surface area contributed by atoms with E-state index in [9.17, 15) is 4.79 Å². The average Bonchev–Trinajstić information content (AvgIpc) is 2.32. The second kappa shape index (κ2) is 5.53. The number of carbonyl (C=O) groups excluding carboxylic acids is 1. The first-order valence-electron chi connectivity index (χ1n) is 6.69. The molecule has 0 aromatic heterocycles. The molecule has 0 bridgehead atoms. The molecule has 0 unspecified atom stereocenters. The van der Waals surface area contributed by atoms with Gasteiger partial charge in [0.1, 0.15) is 0 Å². The van der Waals surface area contributed by atoms with E-state index in [0.29, 0.717) is 6.04 Å². The molecule has 1 aliphatic rings. The third kappa shape index (κ3) is 2.91. The van der Waals surface area contributed by atoms with Gasteiger partial charge in [0.15, 0.2) is 0 Å². The molecule has 0 spiro atoms. The Morgan fingerprint density at radius 2 is 2.17 bits per heavy atom. The Morgan fingerprint density at radius 3 is 2.83 bits per heavy atom. The van der Waals surface area contributed by atoms with E-state index in [1.54, 1.807) is 0 Å². The van der Waals surface area contributed by atoms with Crippen molar-refractivity contribution < 1.29 is 4.79 Å².